The SMILES string of the molecule is Cn1nnc2cc(C(=O)N3CCC(O)(C(F)(F)F)CC3)ccc21. The Morgan fingerprint density at radius 2 is 1.96 bits per heavy atom. The topological polar surface area (TPSA) is 71.2 Å². The molecule has 0 bridgehead atoms. The zero-order valence-corrected chi connectivity index (χ0v) is 12.3. The number of hydrogen-bond acceptors (Lipinski definition) is 4. The van der Waals surface area contributed by atoms with Gasteiger partial charge in [0.05, 0.1) is 5.52 Å². The van der Waals surface area contributed by atoms with Gasteiger partial charge in [0.1, 0.15) is 5.52 Å². The molecule has 23 heavy (non-hydrogen) atoms. The van der Waals surface area contributed by atoms with Crippen molar-refractivity contribution >= 4 is 16.9 Å². The first kappa shape index (κ1) is 15.7. The third-order valence-corrected chi connectivity index (χ3v) is 4.26. The second-order valence-corrected chi connectivity index (χ2v) is 5.74. The highest BCUT2D eigenvalue weighted by Gasteiger charge is 2.54. The van der Waals surface area contributed by atoms with Crippen LogP contribution in [0.2, 0.25) is 0 Å². The summed E-state index contributed by atoms with van der Waals surface area (Å²) in [6.45, 7) is -0.291. The number of carbonyl (C=O) groups is 1. The third kappa shape index (κ3) is 2.65. The predicted octanol–water partition coefficient (Wildman–Crippen LogP) is 1.50. The molecule has 0 saturated carbocycles. The Morgan fingerprint density at radius 3 is 2.57 bits per heavy atom. The van der Waals surface area contributed by atoms with Gasteiger partial charge in [-0.25, -0.2) is 4.68 Å². The van der Waals surface area contributed by atoms with Gasteiger partial charge in [-0.3, -0.25) is 4.79 Å². The second kappa shape index (κ2) is 5.19. The largest absolute Gasteiger partial charge is 0.417 e. The van der Waals surface area contributed by atoms with Gasteiger partial charge < -0.3 is 10.0 Å². The molecule has 1 saturated heterocycles. The Labute approximate surface area is 129 Å². The number of nitrogens with zero attached hydrogens (tertiary/aromatic N) is 4. The number of benzene rings is 1. The maximum atomic E-state index is 12.8. The van der Waals surface area contributed by atoms with E-state index in [-0.39, 0.29) is 19.0 Å². The molecule has 9 heteroatoms. The summed E-state index contributed by atoms with van der Waals surface area (Å²) in [7, 11) is 1.72. The number of amides is 1. The standard InChI is InChI=1S/C14H15F3N4O2/c1-20-11-3-2-9(8-10(11)18-19-20)12(22)21-6-4-13(23,5-7-21)14(15,16)17/h2-3,8,23H,4-7H2,1H3. The van der Waals surface area contributed by atoms with Gasteiger partial charge in [-0.2, -0.15) is 13.2 Å². The first-order chi connectivity index (χ1) is 10.7. The molecule has 0 unspecified atom stereocenters. The summed E-state index contributed by atoms with van der Waals surface area (Å²) >= 11 is 0. The quantitative estimate of drug-likeness (QED) is 0.861. The number of halogens is 3. The fraction of sp³-hybridized carbons (Fsp3) is 0.500. The van der Waals surface area contributed by atoms with Crippen LogP contribution in [-0.2, 0) is 7.05 Å². The molecule has 6 nitrogen and oxygen atoms in total. The number of piperidine rings is 1. The van der Waals surface area contributed by atoms with E-state index in [9.17, 15) is 23.1 Å². The van der Waals surface area contributed by atoms with Gasteiger partial charge in [-0.05, 0) is 18.2 Å². The van der Waals surface area contributed by atoms with Gasteiger partial charge in [0.25, 0.3) is 5.91 Å². The van der Waals surface area contributed by atoms with Crippen LogP contribution in [0.15, 0.2) is 18.2 Å². The highest BCUT2D eigenvalue weighted by Crippen LogP contribution is 2.38. The van der Waals surface area contributed by atoms with E-state index < -0.39 is 24.6 Å². The van der Waals surface area contributed by atoms with Gasteiger partial charge in [0, 0.05) is 38.5 Å². The summed E-state index contributed by atoms with van der Waals surface area (Å²) in [5.41, 5.74) is -1.07. The van der Waals surface area contributed by atoms with Gasteiger partial charge in [0.2, 0.25) is 0 Å². The fourth-order valence-corrected chi connectivity index (χ4v) is 2.72. The molecule has 1 aromatic heterocycles. The minimum atomic E-state index is -4.68. The molecule has 2 heterocycles. The number of alkyl halides is 3. The van der Waals surface area contributed by atoms with Gasteiger partial charge in [0.15, 0.2) is 5.60 Å². The van der Waals surface area contributed by atoms with E-state index in [1.807, 2.05) is 0 Å². The van der Waals surface area contributed by atoms with Crippen molar-refractivity contribution in [1.82, 2.24) is 19.9 Å². The molecule has 1 aliphatic heterocycles. The van der Waals surface area contributed by atoms with E-state index in [2.05, 4.69) is 10.3 Å². The number of carbonyl (C=O) groups excluding carboxylic acids is 1. The maximum Gasteiger partial charge on any atom is 0.417 e. The van der Waals surface area contributed by atoms with Crippen LogP contribution in [-0.4, -0.2) is 55.8 Å². The normalized spacial score (nSPS) is 18.4. The van der Waals surface area contributed by atoms with E-state index in [4.69, 9.17) is 0 Å². The molecule has 0 atom stereocenters. The van der Waals surface area contributed by atoms with Crippen LogP contribution in [0.25, 0.3) is 11.0 Å². The predicted molar refractivity (Wildman–Crippen MR) is 74.7 cm³/mol. The maximum absolute atomic E-state index is 12.8. The molecule has 0 aliphatic carbocycles. The summed E-state index contributed by atoms with van der Waals surface area (Å²) in [4.78, 5) is 13.7. The Kier molecular flexibility index (Phi) is 3.55. The number of fused-ring (bicyclic) bond motifs is 1. The van der Waals surface area contributed by atoms with Crippen LogP contribution < -0.4 is 0 Å². The summed E-state index contributed by atoms with van der Waals surface area (Å²) in [6, 6.07) is 4.85. The van der Waals surface area contributed by atoms with Gasteiger partial charge in [-0.15, -0.1) is 5.10 Å². The van der Waals surface area contributed by atoms with Crippen molar-refractivity contribution in [1.29, 1.82) is 0 Å². The Hall–Kier alpha value is -2.16. The van der Waals surface area contributed by atoms with Crippen LogP contribution >= 0.6 is 0 Å². The molecule has 1 aromatic carbocycles. The van der Waals surface area contributed by atoms with Crippen LogP contribution in [0.4, 0.5) is 13.2 Å². The zero-order valence-electron chi connectivity index (χ0n) is 12.3. The number of hydrogen-bond donors (Lipinski definition) is 1. The molecule has 124 valence electrons. The highest BCUT2D eigenvalue weighted by atomic mass is 19.4. The van der Waals surface area contributed by atoms with E-state index in [1.54, 1.807) is 29.9 Å². The average molecular weight is 328 g/mol. The Morgan fingerprint density at radius 1 is 1.30 bits per heavy atom. The van der Waals surface area contributed by atoms with Crippen molar-refractivity contribution in [2.75, 3.05) is 13.1 Å². The van der Waals surface area contributed by atoms with Gasteiger partial charge >= 0.3 is 6.18 Å². The monoisotopic (exact) mass is 328 g/mol. The highest BCUT2D eigenvalue weighted by molar-refractivity contribution is 5.97. The zero-order chi connectivity index (χ0) is 16.8. The average Bonchev–Trinajstić information content (AvgIpc) is 2.87. The molecule has 1 amide bonds. The molecule has 1 N–H and O–H groups in total. The lowest BCUT2D eigenvalue weighted by molar-refractivity contribution is -0.271. The van der Waals surface area contributed by atoms with Crippen molar-refractivity contribution in [3.63, 3.8) is 0 Å². The minimum absolute atomic E-state index is 0.145. The third-order valence-electron chi connectivity index (χ3n) is 4.26. The molecular weight excluding hydrogens is 313 g/mol. The molecule has 1 fully saturated rings. The first-order valence-electron chi connectivity index (χ1n) is 7.09. The van der Waals surface area contributed by atoms with Crippen molar-refractivity contribution in [3.05, 3.63) is 23.8 Å². The first-order valence-corrected chi connectivity index (χ1v) is 7.09. The molecule has 0 spiro atoms. The van der Waals surface area contributed by atoms with Crippen LogP contribution in [0.5, 0.6) is 0 Å². The number of likely N-dealkylation sites (tertiary alicyclic amines) is 1. The summed E-state index contributed by atoms with van der Waals surface area (Å²) in [6.07, 6.45) is -5.72. The number of aliphatic hydroxyl groups is 1. The Bertz CT molecular complexity index is 748. The minimum Gasteiger partial charge on any atom is -0.380 e. The van der Waals surface area contributed by atoms with Crippen molar-refractivity contribution < 1.29 is 23.1 Å². The smallest absolute Gasteiger partial charge is 0.380 e. The number of aryl methyl sites for hydroxylation is 1. The summed E-state index contributed by atoms with van der Waals surface area (Å²) in [5, 5.41) is 17.4. The van der Waals surface area contributed by atoms with Crippen LogP contribution in [0.3, 0.4) is 0 Å². The molecular formula is C14H15F3N4O2. The van der Waals surface area contributed by atoms with Gasteiger partial charge in [-0.1, -0.05) is 5.21 Å². The van der Waals surface area contributed by atoms with E-state index in [0.717, 1.165) is 5.52 Å². The molecule has 1 aliphatic rings. The summed E-state index contributed by atoms with van der Waals surface area (Å²) in [5.74, 6) is -0.373. The second-order valence-electron chi connectivity index (χ2n) is 5.74. The fourth-order valence-electron chi connectivity index (χ4n) is 2.72. The lowest BCUT2D eigenvalue weighted by Gasteiger charge is -2.39. The Balaban J connectivity index is 1.76. The lowest BCUT2D eigenvalue weighted by atomic mass is 9.90. The van der Waals surface area contributed by atoms with Crippen molar-refractivity contribution in [3.8, 4) is 0 Å². The van der Waals surface area contributed by atoms with Crippen LogP contribution in [0.1, 0.15) is 23.2 Å². The number of rotatable bonds is 1. The molecule has 3 rings (SSSR count). The van der Waals surface area contributed by atoms with E-state index in [1.165, 1.54) is 4.90 Å². The summed E-state index contributed by atoms with van der Waals surface area (Å²) < 4.78 is 39.9. The molecule has 2 aromatic rings. The lowest BCUT2D eigenvalue weighted by Crippen LogP contribution is -2.54. The van der Waals surface area contributed by atoms with Crippen molar-refractivity contribution in [2.24, 2.45) is 7.05 Å². The van der Waals surface area contributed by atoms with Crippen molar-refractivity contribution in [2.45, 2.75) is 24.6 Å². The van der Waals surface area contributed by atoms with E-state index in [0.29, 0.717) is 11.1 Å². The molecule has 0 radical (unpaired) electrons. The van der Waals surface area contributed by atoms with Crippen LogP contribution in [0, 0.1) is 0 Å². The number of aromatic nitrogens is 3. The van der Waals surface area contributed by atoms with E-state index >= 15 is 0 Å².